The molecule has 4 heteroatoms. The lowest BCUT2D eigenvalue weighted by Gasteiger charge is -2.46. The highest BCUT2D eigenvalue weighted by atomic mass is 79.9. The zero-order chi connectivity index (χ0) is 11.0. The first-order valence-corrected chi connectivity index (χ1v) is 6.73. The highest BCUT2D eigenvalue weighted by Crippen LogP contribution is 2.50. The van der Waals surface area contributed by atoms with E-state index in [9.17, 15) is 0 Å². The van der Waals surface area contributed by atoms with E-state index in [1.165, 1.54) is 0 Å². The van der Waals surface area contributed by atoms with Crippen LogP contribution in [-0.2, 0) is 0 Å². The number of halogens is 4. The molecule has 4 unspecified atom stereocenters. The predicted molar refractivity (Wildman–Crippen MR) is 68.9 cm³/mol. The number of hydrogen-bond acceptors (Lipinski definition) is 0. The van der Waals surface area contributed by atoms with Crippen LogP contribution in [0.5, 0.6) is 0 Å². The molecule has 0 saturated heterocycles. The van der Waals surface area contributed by atoms with E-state index < -0.39 is 0 Å². The van der Waals surface area contributed by atoms with Gasteiger partial charge >= 0.3 is 0 Å². The fourth-order valence-electron chi connectivity index (χ4n) is 1.97. The SMILES string of the molecule is CC1(Cl)CC(C)(C=CCl)C(Br)CC1Cl. The van der Waals surface area contributed by atoms with Crippen LogP contribution < -0.4 is 0 Å². The Hall–Kier alpha value is 1.09. The summed E-state index contributed by atoms with van der Waals surface area (Å²) in [6.45, 7) is 4.14. The molecule has 0 spiro atoms. The van der Waals surface area contributed by atoms with Crippen molar-refractivity contribution in [3.8, 4) is 0 Å². The van der Waals surface area contributed by atoms with Gasteiger partial charge in [0.2, 0.25) is 0 Å². The maximum Gasteiger partial charge on any atom is 0.0590 e. The Balaban J connectivity index is 2.89. The van der Waals surface area contributed by atoms with E-state index in [2.05, 4.69) is 22.9 Å². The van der Waals surface area contributed by atoms with Crippen molar-refractivity contribution in [3.05, 3.63) is 11.6 Å². The molecule has 0 aromatic carbocycles. The van der Waals surface area contributed by atoms with Crippen molar-refractivity contribution in [3.63, 3.8) is 0 Å². The summed E-state index contributed by atoms with van der Waals surface area (Å²) in [5.74, 6) is 0. The first-order valence-electron chi connectivity index (χ1n) is 4.57. The smallest absolute Gasteiger partial charge is 0.0590 e. The first kappa shape index (κ1) is 13.2. The third-order valence-electron chi connectivity index (χ3n) is 2.95. The van der Waals surface area contributed by atoms with E-state index in [-0.39, 0.29) is 15.7 Å². The Morgan fingerprint density at radius 3 is 2.50 bits per heavy atom. The van der Waals surface area contributed by atoms with E-state index in [0.29, 0.717) is 4.83 Å². The topological polar surface area (TPSA) is 0 Å². The molecule has 0 aliphatic heterocycles. The van der Waals surface area contributed by atoms with Crippen LogP contribution in [0.4, 0.5) is 0 Å². The molecule has 0 nitrogen and oxygen atoms in total. The summed E-state index contributed by atoms with van der Waals surface area (Å²) in [6, 6.07) is 0. The van der Waals surface area contributed by atoms with Crippen molar-refractivity contribution in [2.75, 3.05) is 0 Å². The first-order chi connectivity index (χ1) is 6.32. The summed E-state index contributed by atoms with van der Waals surface area (Å²) in [6.07, 6.45) is 3.69. The third-order valence-corrected chi connectivity index (χ3v) is 5.67. The lowest BCUT2D eigenvalue weighted by Crippen LogP contribution is -2.46. The van der Waals surface area contributed by atoms with Crippen molar-refractivity contribution in [1.29, 1.82) is 0 Å². The molecule has 0 heterocycles. The molecule has 0 aromatic heterocycles. The maximum absolute atomic E-state index is 6.38. The molecule has 1 fully saturated rings. The fraction of sp³-hybridized carbons (Fsp3) is 0.800. The molecule has 82 valence electrons. The van der Waals surface area contributed by atoms with Crippen molar-refractivity contribution in [2.45, 2.75) is 41.8 Å². The van der Waals surface area contributed by atoms with Gasteiger partial charge in [0.15, 0.2) is 0 Å². The minimum atomic E-state index is -0.350. The lowest BCUT2D eigenvalue weighted by molar-refractivity contribution is 0.260. The van der Waals surface area contributed by atoms with Crippen LogP contribution in [0.15, 0.2) is 11.6 Å². The summed E-state index contributed by atoms with van der Waals surface area (Å²) in [4.78, 5) is -0.0175. The van der Waals surface area contributed by atoms with Gasteiger partial charge in [-0.15, -0.1) is 23.2 Å². The summed E-state index contributed by atoms with van der Waals surface area (Å²) in [5, 5.41) is 0.00495. The van der Waals surface area contributed by atoms with Gasteiger partial charge in [0.25, 0.3) is 0 Å². The van der Waals surface area contributed by atoms with E-state index >= 15 is 0 Å². The third kappa shape index (κ3) is 2.61. The predicted octanol–water partition coefficient (Wildman–Crippen LogP) is 4.91. The molecule has 14 heavy (non-hydrogen) atoms. The van der Waals surface area contributed by atoms with Gasteiger partial charge in [0, 0.05) is 15.8 Å². The van der Waals surface area contributed by atoms with Crippen molar-refractivity contribution < 1.29 is 0 Å². The molecule has 0 aromatic rings. The number of alkyl halides is 3. The molecular formula is C10H14BrCl3. The summed E-state index contributed by atoms with van der Waals surface area (Å²) < 4.78 is 0. The Bertz CT molecular complexity index is 240. The molecular weight excluding hydrogens is 306 g/mol. The van der Waals surface area contributed by atoms with Crippen molar-refractivity contribution in [1.82, 2.24) is 0 Å². The molecule has 0 bridgehead atoms. The average molecular weight is 320 g/mol. The molecule has 1 saturated carbocycles. The highest BCUT2D eigenvalue weighted by Gasteiger charge is 2.47. The Kier molecular flexibility index (Phi) is 4.26. The second-order valence-corrected chi connectivity index (χ2v) is 7.17. The van der Waals surface area contributed by atoms with Gasteiger partial charge in [-0.1, -0.05) is 40.5 Å². The maximum atomic E-state index is 6.38. The summed E-state index contributed by atoms with van der Waals surface area (Å²) >= 11 is 21.9. The Morgan fingerprint density at radius 1 is 1.43 bits per heavy atom. The molecule has 0 N–H and O–H groups in total. The zero-order valence-corrected chi connectivity index (χ0v) is 12.1. The number of allylic oxidation sites excluding steroid dienone is 1. The zero-order valence-electron chi connectivity index (χ0n) is 8.24. The van der Waals surface area contributed by atoms with E-state index in [1.54, 1.807) is 5.54 Å². The van der Waals surface area contributed by atoms with Crippen LogP contribution in [0.2, 0.25) is 0 Å². The molecule has 1 rings (SSSR count). The van der Waals surface area contributed by atoms with Gasteiger partial charge in [0.1, 0.15) is 0 Å². The van der Waals surface area contributed by atoms with Gasteiger partial charge in [-0.3, -0.25) is 0 Å². The van der Waals surface area contributed by atoms with Crippen molar-refractivity contribution >= 4 is 50.7 Å². The average Bonchev–Trinajstić information content (AvgIpc) is 2.01. The molecule has 1 aliphatic carbocycles. The molecule has 1 aliphatic rings. The standard InChI is InChI=1S/C10H14BrCl3/c1-9(3-4-12)6-10(2,14)8(13)5-7(9)11/h3-4,7-8H,5-6H2,1-2H3. The van der Waals surface area contributed by atoms with Crippen LogP contribution in [0.25, 0.3) is 0 Å². The van der Waals surface area contributed by atoms with Crippen LogP contribution in [0.3, 0.4) is 0 Å². The van der Waals surface area contributed by atoms with E-state index in [4.69, 9.17) is 34.8 Å². The van der Waals surface area contributed by atoms with Gasteiger partial charge in [-0.25, -0.2) is 0 Å². The molecule has 0 amide bonds. The minimum Gasteiger partial charge on any atom is -0.121 e. The fourth-order valence-corrected chi connectivity index (χ4v) is 3.79. The minimum absolute atomic E-state index is 0.00495. The summed E-state index contributed by atoms with van der Waals surface area (Å²) in [5.41, 5.74) is 1.55. The quantitative estimate of drug-likeness (QED) is 0.602. The van der Waals surface area contributed by atoms with Crippen LogP contribution in [0, 0.1) is 5.41 Å². The lowest BCUT2D eigenvalue weighted by atomic mass is 9.71. The number of rotatable bonds is 1. The monoisotopic (exact) mass is 318 g/mol. The second-order valence-electron chi connectivity index (χ2n) is 4.42. The van der Waals surface area contributed by atoms with Gasteiger partial charge in [-0.05, 0) is 19.8 Å². The van der Waals surface area contributed by atoms with Crippen LogP contribution in [-0.4, -0.2) is 15.1 Å². The highest BCUT2D eigenvalue weighted by molar-refractivity contribution is 9.09. The van der Waals surface area contributed by atoms with Crippen molar-refractivity contribution in [2.24, 2.45) is 5.41 Å². The largest absolute Gasteiger partial charge is 0.121 e. The molecule has 4 atom stereocenters. The van der Waals surface area contributed by atoms with E-state index in [0.717, 1.165) is 12.8 Å². The second kappa shape index (κ2) is 4.53. The summed E-state index contributed by atoms with van der Waals surface area (Å²) in [7, 11) is 0. The van der Waals surface area contributed by atoms with Gasteiger partial charge in [0.05, 0.1) is 10.3 Å². The Labute approximate surface area is 109 Å². The van der Waals surface area contributed by atoms with Crippen LogP contribution >= 0.6 is 50.7 Å². The molecule has 0 radical (unpaired) electrons. The Morgan fingerprint density at radius 2 is 2.00 bits per heavy atom. The number of hydrogen-bond donors (Lipinski definition) is 0. The van der Waals surface area contributed by atoms with Gasteiger partial charge in [-0.2, -0.15) is 0 Å². The van der Waals surface area contributed by atoms with Crippen LogP contribution in [0.1, 0.15) is 26.7 Å². The normalized spacial score (nSPS) is 49.9. The van der Waals surface area contributed by atoms with Gasteiger partial charge < -0.3 is 0 Å². The van der Waals surface area contributed by atoms with E-state index in [1.807, 2.05) is 13.0 Å².